The smallest absolute Gasteiger partial charge is 0.255 e. The fourth-order valence-electron chi connectivity index (χ4n) is 2.27. The van der Waals surface area contributed by atoms with Crippen LogP contribution in [0.15, 0.2) is 6.07 Å². The van der Waals surface area contributed by atoms with E-state index in [2.05, 4.69) is 10.2 Å². The van der Waals surface area contributed by atoms with Gasteiger partial charge in [0.15, 0.2) is 0 Å². The second-order valence-corrected chi connectivity index (χ2v) is 5.07. The quantitative estimate of drug-likeness (QED) is 0.788. The maximum Gasteiger partial charge on any atom is 0.255 e. The lowest BCUT2D eigenvalue weighted by Gasteiger charge is -2.17. The average molecular weight is 268 g/mol. The fraction of sp³-hybridized carbons (Fsp3) is 0.615. The molecule has 1 amide bonds. The SMILES string of the molecule is CCc1nnc(C)cc1C(=O)N1CCC(CCl)C1. The zero-order valence-corrected chi connectivity index (χ0v) is 11.6. The van der Waals surface area contributed by atoms with Gasteiger partial charge in [0.05, 0.1) is 17.0 Å². The first-order chi connectivity index (χ1) is 8.65. The molecule has 0 saturated carbocycles. The van der Waals surface area contributed by atoms with Gasteiger partial charge in [0.2, 0.25) is 0 Å². The number of hydrogen-bond donors (Lipinski definition) is 0. The van der Waals surface area contributed by atoms with Crippen LogP contribution >= 0.6 is 11.6 Å². The maximum atomic E-state index is 12.5. The number of halogens is 1. The number of nitrogens with zero attached hydrogens (tertiary/aromatic N) is 3. The Morgan fingerprint density at radius 2 is 2.33 bits per heavy atom. The van der Waals surface area contributed by atoms with Gasteiger partial charge in [-0.1, -0.05) is 6.92 Å². The van der Waals surface area contributed by atoms with Crippen LogP contribution < -0.4 is 0 Å². The number of amides is 1. The summed E-state index contributed by atoms with van der Waals surface area (Å²) in [5.74, 6) is 1.12. The highest BCUT2D eigenvalue weighted by molar-refractivity contribution is 6.18. The zero-order chi connectivity index (χ0) is 13.1. The van der Waals surface area contributed by atoms with Crippen LogP contribution in [0.2, 0.25) is 0 Å². The summed E-state index contributed by atoms with van der Waals surface area (Å²) in [4.78, 5) is 14.3. The van der Waals surface area contributed by atoms with Crippen molar-refractivity contribution >= 4 is 17.5 Å². The fourth-order valence-corrected chi connectivity index (χ4v) is 2.53. The van der Waals surface area contributed by atoms with Crippen LogP contribution in [-0.2, 0) is 6.42 Å². The molecule has 0 bridgehead atoms. The Morgan fingerprint density at radius 3 is 2.94 bits per heavy atom. The number of rotatable bonds is 3. The molecule has 1 aliphatic heterocycles. The van der Waals surface area contributed by atoms with E-state index < -0.39 is 0 Å². The lowest BCUT2D eigenvalue weighted by molar-refractivity contribution is 0.0786. The van der Waals surface area contributed by atoms with Crippen molar-refractivity contribution in [1.82, 2.24) is 15.1 Å². The minimum absolute atomic E-state index is 0.0671. The molecule has 2 rings (SSSR count). The Kier molecular flexibility index (Phi) is 4.17. The van der Waals surface area contributed by atoms with Crippen molar-refractivity contribution in [2.24, 2.45) is 5.92 Å². The minimum atomic E-state index is 0.0671. The predicted octanol–water partition coefficient (Wildman–Crippen LogP) is 2.05. The third kappa shape index (κ3) is 2.64. The second kappa shape index (κ2) is 5.65. The number of hydrogen-bond acceptors (Lipinski definition) is 3. The van der Waals surface area contributed by atoms with Crippen molar-refractivity contribution in [3.63, 3.8) is 0 Å². The molecular weight excluding hydrogens is 250 g/mol. The van der Waals surface area contributed by atoms with Gasteiger partial charge in [-0.05, 0) is 31.7 Å². The summed E-state index contributed by atoms with van der Waals surface area (Å²) in [6.45, 7) is 5.39. The lowest BCUT2D eigenvalue weighted by Crippen LogP contribution is -2.30. The number of alkyl halides is 1. The summed E-state index contributed by atoms with van der Waals surface area (Å²) in [5, 5.41) is 8.11. The normalized spacial score (nSPS) is 19.3. The van der Waals surface area contributed by atoms with Gasteiger partial charge in [0.25, 0.3) is 5.91 Å². The molecule has 0 N–H and O–H groups in total. The lowest BCUT2D eigenvalue weighted by atomic mass is 10.1. The molecule has 1 aliphatic rings. The molecule has 1 aromatic rings. The highest BCUT2D eigenvalue weighted by Gasteiger charge is 2.27. The molecule has 0 radical (unpaired) electrons. The summed E-state index contributed by atoms with van der Waals surface area (Å²) < 4.78 is 0. The van der Waals surface area contributed by atoms with Crippen molar-refractivity contribution < 1.29 is 4.79 Å². The van der Waals surface area contributed by atoms with Crippen molar-refractivity contribution in [1.29, 1.82) is 0 Å². The highest BCUT2D eigenvalue weighted by atomic mass is 35.5. The number of aryl methyl sites for hydroxylation is 2. The van der Waals surface area contributed by atoms with Gasteiger partial charge in [-0.15, -0.1) is 11.6 Å². The van der Waals surface area contributed by atoms with E-state index in [9.17, 15) is 4.79 Å². The Labute approximate surface area is 112 Å². The largest absolute Gasteiger partial charge is 0.338 e. The molecule has 0 aromatic carbocycles. The maximum absolute atomic E-state index is 12.5. The number of carbonyl (C=O) groups is 1. The van der Waals surface area contributed by atoms with Crippen LogP contribution in [0.5, 0.6) is 0 Å². The Hall–Kier alpha value is -1.16. The Balaban J connectivity index is 2.21. The van der Waals surface area contributed by atoms with Crippen molar-refractivity contribution in [3.8, 4) is 0 Å². The summed E-state index contributed by atoms with van der Waals surface area (Å²) in [6.07, 6.45) is 1.72. The van der Waals surface area contributed by atoms with Gasteiger partial charge < -0.3 is 4.90 Å². The summed E-state index contributed by atoms with van der Waals surface area (Å²) in [7, 11) is 0. The van der Waals surface area contributed by atoms with Crippen LogP contribution in [0.3, 0.4) is 0 Å². The van der Waals surface area contributed by atoms with Crippen molar-refractivity contribution in [2.45, 2.75) is 26.7 Å². The first kappa shape index (κ1) is 13.3. The molecule has 98 valence electrons. The molecule has 1 aromatic heterocycles. The molecule has 0 spiro atoms. The van der Waals surface area contributed by atoms with Gasteiger partial charge in [-0.3, -0.25) is 4.79 Å². The van der Waals surface area contributed by atoms with E-state index in [-0.39, 0.29) is 5.91 Å². The van der Waals surface area contributed by atoms with Crippen molar-refractivity contribution in [3.05, 3.63) is 23.0 Å². The van der Waals surface area contributed by atoms with Gasteiger partial charge >= 0.3 is 0 Å². The van der Waals surface area contributed by atoms with Crippen LogP contribution in [-0.4, -0.2) is 40.0 Å². The molecule has 0 aliphatic carbocycles. The minimum Gasteiger partial charge on any atom is -0.338 e. The molecular formula is C13H18ClN3O. The van der Waals surface area contributed by atoms with Crippen LogP contribution in [0.4, 0.5) is 0 Å². The van der Waals surface area contributed by atoms with E-state index in [0.29, 0.717) is 17.4 Å². The Bertz CT molecular complexity index is 450. The number of carbonyl (C=O) groups excluding carboxylic acids is 1. The van der Waals surface area contributed by atoms with E-state index in [4.69, 9.17) is 11.6 Å². The Morgan fingerprint density at radius 1 is 1.56 bits per heavy atom. The first-order valence-corrected chi connectivity index (χ1v) is 6.87. The predicted molar refractivity (Wildman–Crippen MR) is 70.9 cm³/mol. The second-order valence-electron chi connectivity index (χ2n) is 4.76. The molecule has 4 nitrogen and oxygen atoms in total. The van der Waals surface area contributed by atoms with E-state index in [1.807, 2.05) is 24.8 Å². The third-order valence-corrected chi connectivity index (χ3v) is 3.79. The molecule has 2 heterocycles. The highest BCUT2D eigenvalue weighted by Crippen LogP contribution is 2.21. The van der Waals surface area contributed by atoms with Crippen LogP contribution in [0.25, 0.3) is 0 Å². The van der Waals surface area contributed by atoms with Crippen molar-refractivity contribution in [2.75, 3.05) is 19.0 Å². The van der Waals surface area contributed by atoms with E-state index in [1.54, 1.807) is 0 Å². The topological polar surface area (TPSA) is 46.1 Å². The van der Waals surface area contributed by atoms with Gasteiger partial charge in [0, 0.05) is 19.0 Å². The molecule has 18 heavy (non-hydrogen) atoms. The standard InChI is InChI=1S/C13H18ClN3O/c1-3-12-11(6-9(2)15-16-12)13(18)17-5-4-10(7-14)8-17/h6,10H,3-5,7-8H2,1-2H3. The van der Waals surface area contributed by atoms with Gasteiger partial charge in [-0.25, -0.2) is 0 Å². The first-order valence-electron chi connectivity index (χ1n) is 6.34. The third-order valence-electron chi connectivity index (χ3n) is 3.35. The zero-order valence-electron chi connectivity index (χ0n) is 10.8. The van der Waals surface area contributed by atoms with Crippen LogP contribution in [0.1, 0.15) is 35.1 Å². The monoisotopic (exact) mass is 267 g/mol. The molecule has 5 heteroatoms. The number of likely N-dealkylation sites (tertiary alicyclic amines) is 1. The average Bonchev–Trinajstić information content (AvgIpc) is 2.86. The van der Waals surface area contributed by atoms with Crippen LogP contribution in [0, 0.1) is 12.8 Å². The van der Waals surface area contributed by atoms with Gasteiger partial charge in [0.1, 0.15) is 0 Å². The van der Waals surface area contributed by atoms with E-state index in [1.165, 1.54) is 0 Å². The molecule has 1 saturated heterocycles. The summed E-state index contributed by atoms with van der Waals surface area (Å²) in [6, 6.07) is 1.84. The molecule has 1 atom stereocenters. The van der Waals surface area contributed by atoms with Gasteiger partial charge in [-0.2, -0.15) is 10.2 Å². The van der Waals surface area contributed by atoms with E-state index >= 15 is 0 Å². The summed E-state index contributed by atoms with van der Waals surface area (Å²) >= 11 is 5.85. The molecule has 1 unspecified atom stereocenters. The van der Waals surface area contributed by atoms with E-state index in [0.717, 1.165) is 37.3 Å². The summed E-state index contributed by atoms with van der Waals surface area (Å²) in [5.41, 5.74) is 2.25. The number of aromatic nitrogens is 2. The molecule has 1 fully saturated rings.